The van der Waals surface area contributed by atoms with Crippen molar-refractivity contribution < 1.29 is 13.5 Å². The smallest absolute Gasteiger partial charge is 0.387 e. The topological polar surface area (TPSA) is 39.1 Å². The van der Waals surface area contributed by atoms with Crippen molar-refractivity contribution in [3.8, 4) is 11.4 Å². The molecule has 0 bridgehead atoms. The molecule has 0 saturated carbocycles. The number of alkyl halides is 2. The zero-order valence-corrected chi connectivity index (χ0v) is 10.8. The fourth-order valence-electron chi connectivity index (χ4n) is 2.55. The van der Waals surface area contributed by atoms with E-state index in [4.69, 9.17) is 0 Å². The van der Waals surface area contributed by atoms with Crippen LogP contribution in [0, 0.1) is 0 Å². The van der Waals surface area contributed by atoms with Gasteiger partial charge >= 0.3 is 6.61 Å². The van der Waals surface area contributed by atoms with E-state index in [0.717, 1.165) is 25.1 Å². The minimum Gasteiger partial charge on any atom is -0.433 e. The van der Waals surface area contributed by atoms with Crippen LogP contribution in [0.25, 0.3) is 5.69 Å². The molecule has 1 fully saturated rings. The molecule has 1 aromatic carbocycles. The Balaban J connectivity index is 1.99. The van der Waals surface area contributed by atoms with E-state index < -0.39 is 6.61 Å². The maximum absolute atomic E-state index is 12.5. The molecule has 0 spiro atoms. The second-order valence-electron chi connectivity index (χ2n) is 4.68. The summed E-state index contributed by atoms with van der Waals surface area (Å²) in [4.78, 5) is 4.14. The summed E-state index contributed by atoms with van der Waals surface area (Å²) in [6.07, 6.45) is 5.51. The van der Waals surface area contributed by atoms with Crippen LogP contribution >= 0.6 is 0 Å². The molecule has 20 heavy (non-hydrogen) atoms. The number of rotatable bonds is 4. The van der Waals surface area contributed by atoms with Crippen LogP contribution in [0.1, 0.15) is 24.6 Å². The van der Waals surface area contributed by atoms with Crippen molar-refractivity contribution in [2.45, 2.75) is 25.5 Å². The molecule has 0 radical (unpaired) electrons. The summed E-state index contributed by atoms with van der Waals surface area (Å²) < 4.78 is 31.4. The van der Waals surface area contributed by atoms with Crippen LogP contribution in [-0.2, 0) is 0 Å². The van der Waals surface area contributed by atoms with Gasteiger partial charge in [0, 0.05) is 6.04 Å². The molecule has 1 N–H and O–H groups in total. The minimum atomic E-state index is -2.84. The molecule has 1 aliphatic rings. The van der Waals surface area contributed by atoms with Gasteiger partial charge in [-0.05, 0) is 31.5 Å². The Morgan fingerprint density at radius 2 is 2.20 bits per heavy atom. The number of nitrogens with one attached hydrogen (secondary N) is 1. The van der Waals surface area contributed by atoms with Gasteiger partial charge in [0.25, 0.3) is 0 Å². The molecule has 6 heteroatoms. The van der Waals surface area contributed by atoms with Crippen molar-refractivity contribution in [1.82, 2.24) is 14.9 Å². The number of hydrogen-bond acceptors (Lipinski definition) is 3. The largest absolute Gasteiger partial charge is 0.433 e. The van der Waals surface area contributed by atoms with Crippen molar-refractivity contribution in [1.29, 1.82) is 0 Å². The van der Waals surface area contributed by atoms with Crippen LogP contribution in [0.5, 0.6) is 5.75 Å². The summed E-state index contributed by atoms with van der Waals surface area (Å²) in [6, 6.07) is 6.95. The highest BCUT2D eigenvalue weighted by molar-refractivity contribution is 5.48. The first-order valence-corrected chi connectivity index (χ1v) is 6.55. The highest BCUT2D eigenvalue weighted by atomic mass is 19.3. The fourth-order valence-corrected chi connectivity index (χ4v) is 2.55. The van der Waals surface area contributed by atoms with Crippen LogP contribution in [0.3, 0.4) is 0 Å². The van der Waals surface area contributed by atoms with E-state index in [0.29, 0.717) is 5.69 Å². The molecule has 2 heterocycles. The lowest BCUT2D eigenvalue weighted by molar-refractivity contribution is -0.0498. The van der Waals surface area contributed by atoms with Gasteiger partial charge < -0.3 is 10.1 Å². The number of aromatic nitrogens is 2. The Morgan fingerprint density at radius 3 is 2.95 bits per heavy atom. The fraction of sp³-hybridized carbons (Fsp3) is 0.357. The van der Waals surface area contributed by atoms with Crippen molar-refractivity contribution in [3.05, 3.63) is 42.5 Å². The molecule has 0 aliphatic carbocycles. The molecule has 1 aromatic heterocycles. The summed E-state index contributed by atoms with van der Waals surface area (Å²) >= 11 is 0. The average Bonchev–Trinajstić information content (AvgIpc) is 3.09. The number of halogens is 2. The highest BCUT2D eigenvalue weighted by Gasteiger charge is 2.21. The van der Waals surface area contributed by atoms with Crippen LogP contribution < -0.4 is 10.1 Å². The maximum atomic E-state index is 12.5. The van der Waals surface area contributed by atoms with E-state index in [1.54, 1.807) is 35.3 Å². The number of imidazole rings is 1. The minimum absolute atomic E-state index is 0.153. The van der Waals surface area contributed by atoms with E-state index in [9.17, 15) is 8.78 Å². The second-order valence-corrected chi connectivity index (χ2v) is 4.68. The summed E-state index contributed by atoms with van der Waals surface area (Å²) in [5, 5.41) is 3.38. The van der Waals surface area contributed by atoms with Crippen LogP contribution in [0.15, 0.2) is 36.8 Å². The van der Waals surface area contributed by atoms with E-state index in [-0.39, 0.29) is 11.8 Å². The number of para-hydroxylation sites is 2. The molecule has 106 valence electrons. The summed E-state index contributed by atoms with van der Waals surface area (Å²) in [5.74, 6) is 0.153. The van der Waals surface area contributed by atoms with E-state index in [1.807, 2.05) is 0 Å². The molecule has 4 nitrogen and oxygen atoms in total. The van der Waals surface area contributed by atoms with Gasteiger partial charge in [-0.2, -0.15) is 8.78 Å². The lowest BCUT2D eigenvalue weighted by Crippen LogP contribution is -2.16. The first kappa shape index (κ1) is 13.1. The zero-order valence-electron chi connectivity index (χ0n) is 10.8. The van der Waals surface area contributed by atoms with Crippen LogP contribution in [-0.4, -0.2) is 22.7 Å². The predicted molar refractivity (Wildman–Crippen MR) is 70.2 cm³/mol. The van der Waals surface area contributed by atoms with Gasteiger partial charge in [-0.15, -0.1) is 0 Å². The van der Waals surface area contributed by atoms with Gasteiger partial charge in [0.1, 0.15) is 5.75 Å². The van der Waals surface area contributed by atoms with Crippen molar-refractivity contribution >= 4 is 0 Å². The number of benzene rings is 1. The molecule has 1 atom stereocenters. The molecule has 0 unspecified atom stereocenters. The summed E-state index contributed by atoms with van der Waals surface area (Å²) in [5.41, 5.74) is 1.54. The van der Waals surface area contributed by atoms with Crippen LogP contribution in [0.4, 0.5) is 8.78 Å². The molecule has 1 saturated heterocycles. The second kappa shape index (κ2) is 5.58. The Morgan fingerprint density at radius 1 is 1.35 bits per heavy atom. The lowest BCUT2D eigenvalue weighted by Gasteiger charge is -2.16. The lowest BCUT2D eigenvalue weighted by atomic mass is 10.1. The molecular weight excluding hydrogens is 264 g/mol. The van der Waals surface area contributed by atoms with Crippen molar-refractivity contribution in [3.63, 3.8) is 0 Å². The SMILES string of the molecule is FC(F)Oc1ccccc1-n1cncc1[C@@H]1CCCN1. The Bertz CT molecular complexity index is 579. The Labute approximate surface area is 115 Å². The van der Waals surface area contributed by atoms with E-state index in [2.05, 4.69) is 15.0 Å². The van der Waals surface area contributed by atoms with E-state index >= 15 is 0 Å². The Hall–Kier alpha value is -1.95. The standard InChI is InChI=1S/C14H15F2N3O/c15-14(16)20-13-6-2-1-5-11(13)19-9-17-8-12(19)10-4-3-7-18-10/h1-2,5-6,8-10,14,18H,3-4,7H2/t10-/m0/s1. The zero-order chi connectivity index (χ0) is 13.9. The molecule has 0 amide bonds. The van der Waals surface area contributed by atoms with Crippen LogP contribution in [0.2, 0.25) is 0 Å². The molecule has 2 aromatic rings. The van der Waals surface area contributed by atoms with Crippen molar-refractivity contribution in [2.75, 3.05) is 6.54 Å². The third-order valence-electron chi connectivity index (χ3n) is 3.43. The van der Waals surface area contributed by atoms with Gasteiger partial charge in [-0.25, -0.2) is 4.98 Å². The van der Waals surface area contributed by atoms with Gasteiger partial charge in [-0.3, -0.25) is 4.57 Å². The summed E-state index contributed by atoms with van der Waals surface area (Å²) in [6.45, 7) is -1.88. The monoisotopic (exact) mass is 279 g/mol. The summed E-state index contributed by atoms with van der Waals surface area (Å²) in [7, 11) is 0. The maximum Gasteiger partial charge on any atom is 0.387 e. The van der Waals surface area contributed by atoms with Gasteiger partial charge in [0.15, 0.2) is 0 Å². The number of hydrogen-bond donors (Lipinski definition) is 1. The van der Waals surface area contributed by atoms with Crippen molar-refractivity contribution in [2.24, 2.45) is 0 Å². The third-order valence-corrected chi connectivity index (χ3v) is 3.43. The van der Waals surface area contributed by atoms with Gasteiger partial charge in [0.05, 0.1) is 23.9 Å². The Kier molecular flexibility index (Phi) is 3.64. The first-order valence-electron chi connectivity index (χ1n) is 6.55. The predicted octanol–water partition coefficient (Wildman–Crippen LogP) is 2.90. The highest BCUT2D eigenvalue weighted by Crippen LogP contribution is 2.30. The van der Waals surface area contributed by atoms with E-state index in [1.165, 1.54) is 6.07 Å². The number of ether oxygens (including phenoxy) is 1. The first-order chi connectivity index (χ1) is 9.75. The van der Waals surface area contributed by atoms with Gasteiger partial charge in [-0.1, -0.05) is 12.1 Å². The normalized spacial score (nSPS) is 18.6. The molecular formula is C14H15F2N3O. The molecule has 1 aliphatic heterocycles. The average molecular weight is 279 g/mol. The third kappa shape index (κ3) is 2.51. The quantitative estimate of drug-likeness (QED) is 0.935. The number of nitrogens with zero attached hydrogens (tertiary/aromatic N) is 2. The molecule has 3 rings (SSSR count). The van der Waals surface area contributed by atoms with Gasteiger partial charge in [0.2, 0.25) is 0 Å².